The highest BCUT2D eigenvalue weighted by Gasteiger charge is 2.32. The summed E-state index contributed by atoms with van der Waals surface area (Å²) in [5, 5.41) is 22.8. The maximum absolute atomic E-state index is 12.6. The first-order valence-electron chi connectivity index (χ1n) is 6.28. The highest BCUT2D eigenvalue weighted by atomic mass is 19.1. The lowest BCUT2D eigenvalue weighted by Gasteiger charge is -2.20. The Morgan fingerprint density at radius 3 is 2.65 bits per heavy atom. The van der Waals surface area contributed by atoms with Crippen LogP contribution in [-0.4, -0.2) is 38.4 Å². The van der Waals surface area contributed by atoms with Crippen LogP contribution in [0.25, 0.3) is 0 Å². The van der Waals surface area contributed by atoms with Crippen LogP contribution in [0, 0.1) is 5.92 Å². The molecule has 2 atom stereocenters. The SMILES string of the molecule is O=C(O)[C@@H](CCF)[C@H](Cc1ccccc1)c1nn[nH]n1. The topological polar surface area (TPSA) is 91.8 Å². The number of rotatable bonds is 7. The zero-order valence-corrected chi connectivity index (χ0v) is 10.7. The van der Waals surface area contributed by atoms with Crippen molar-refractivity contribution in [2.75, 3.05) is 6.67 Å². The number of H-pyrrole nitrogens is 1. The molecule has 0 unspecified atom stereocenters. The molecule has 1 heterocycles. The van der Waals surface area contributed by atoms with Gasteiger partial charge >= 0.3 is 5.97 Å². The molecule has 2 aromatic rings. The standard InChI is InChI=1S/C13H15FN4O2/c14-7-6-10(13(19)20)11(12-15-17-18-16-12)8-9-4-2-1-3-5-9/h1-5,10-11H,6-8H2,(H,19,20)(H,15,16,17,18)/t10-,11-/m0/s1. The van der Waals surface area contributed by atoms with Crippen LogP contribution in [-0.2, 0) is 11.2 Å². The van der Waals surface area contributed by atoms with Crippen molar-refractivity contribution in [2.45, 2.75) is 18.8 Å². The van der Waals surface area contributed by atoms with Crippen LogP contribution in [0.4, 0.5) is 4.39 Å². The van der Waals surface area contributed by atoms with E-state index in [-0.39, 0.29) is 6.42 Å². The van der Waals surface area contributed by atoms with Gasteiger partial charge in [-0.15, -0.1) is 10.2 Å². The summed E-state index contributed by atoms with van der Waals surface area (Å²) in [5.41, 5.74) is 0.951. The minimum atomic E-state index is -1.05. The Bertz CT molecular complexity index is 533. The number of nitrogens with zero attached hydrogens (tertiary/aromatic N) is 3. The van der Waals surface area contributed by atoms with E-state index in [4.69, 9.17) is 0 Å². The molecule has 0 saturated heterocycles. The summed E-state index contributed by atoms with van der Waals surface area (Å²) >= 11 is 0. The number of alkyl halides is 1. The summed E-state index contributed by atoms with van der Waals surface area (Å²) < 4.78 is 12.6. The second-order valence-electron chi connectivity index (χ2n) is 4.49. The van der Waals surface area contributed by atoms with Gasteiger partial charge < -0.3 is 5.11 Å². The van der Waals surface area contributed by atoms with E-state index in [1.54, 1.807) is 0 Å². The fourth-order valence-corrected chi connectivity index (χ4v) is 2.22. The fourth-order valence-electron chi connectivity index (χ4n) is 2.22. The molecule has 0 aliphatic rings. The predicted octanol–water partition coefficient (Wildman–Crippen LogP) is 1.59. The number of hydrogen-bond donors (Lipinski definition) is 2. The van der Waals surface area contributed by atoms with E-state index in [2.05, 4.69) is 20.6 Å². The van der Waals surface area contributed by atoms with Crippen molar-refractivity contribution in [1.82, 2.24) is 20.6 Å². The smallest absolute Gasteiger partial charge is 0.307 e. The van der Waals surface area contributed by atoms with Crippen LogP contribution in [0.5, 0.6) is 0 Å². The first-order chi connectivity index (χ1) is 9.72. The fraction of sp³-hybridized carbons (Fsp3) is 0.385. The van der Waals surface area contributed by atoms with Crippen LogP contribution >= 0.6 is 0 Å². The summed E-state index contributed by atoms with van der Waals surface area (Å²) in [4.78, 5) is 11.4. The molecule has 106 valence electrons. The van der Waals surface area contributed by atoms with Crippen molar-refractivity contribution in [2.24, 2.45) is 5.92 Å². The van der Waals surface area contributed by atoms with E-state index in [9.17, 15) is 14.3 Å². The Morgan fingerprint density at radius 1 is 1.35 bits per heavy atom. The van der Waals surface area contributed by atoms with E-state index in [0.29, 0.717) is 12.2 Å². The van der Waals surface area contributed by atoms with Gasteiger partial charge in [-0.3, -0.25) is 9.18 Å². The number of carbonyl (C=O) groups is 1. The van der Waals surface area contributed by atoms with Gasteiger partial charge in [0.25, 0.3) is 0 Å². The van der Waals surface area contributed by atoms with Gasteiger partial charge in [0.2, 0.25) is 0 Å². The molecule has 0 fully saturated rings. The molecule has 2 rings (SSSR count). The molecule has 20 heavy (non-hydrogen) atoms. The molecule has 7 heteroatoms. The Labute approximate surface area is 115 Å². The number of hydrogen-bond acceptors (Lipinski definition) is 4. The number of carboxylic acids is 1. The van der Waals surface area contributed by atoms with Gasteiger partial charge in [0.05, 0.1) is 12.6 Å². The average Bonchev–Trinajstić information content (AvgIpc) is 2.97. The molecule has 1 aromatic heterocycles. The Kier molecular flexibility index (Phi) is 4.75. The van der Waals surface area contributed by atoms with Crippen molar-refractivity contribution >= 4 is 5.97 Å². The zero-order valence-electron chi connectivity index (χ0n) is 10.7. The molecule has 0 radical (unpaired) electrons. The molecule has 1 aromatic carbocycles. The highest BCUT2D eigenvalue weighted by Crippen LogP contribution is 2.28. The molecule has 2 N–H and O–H groups in total. The zero-order chi connectivity index (χ0) is 14.4. The number of aromatic nitrogens is 4. The maximum Gasteiger partial charge on any atom is 0.307 e. The minimum absolute atomic E-state index is 0.0681. The first kappa shape index (κ1) is 14.1. The average molecular weight is 278 g/mol. The second kappa shape index (κ2) is 6.74. The first-order valence-corrected chi connectivity index (χ1v) is 6.28. The summed E-state index contributed by atoms with van der Waals surface area (Å²) in [7, 11) is 0. The second-order valence-corrected chi connectivity index (χ2v) is 4.49. The third-order valence-electron chi connectivity index (χ3n) is 3.21. The third kappa shape index (κ3) is 3.37. The van der Waals surface area contributed by atoms with Gasteiger partial charge in [-0.1, -0.05) is 35.5 Å². The van der Waals surface area contributed by atoms with Gasteiger partial charge in [-0.05, 0) is 18.4 Å². The number of halogens is 1. The van der Waals surface area contributed by atoms with E-state index in [1.165, 1.54) is 0 Å². The number of aromatic amines is 1. The molecular weight excluding hydrogens is 263 g/mol. The van der Waals surface area contributed by atoms with E-state index in [1.807, 2.05) is 30.3 Å². The van der Waals surface area contributed by atoms with Gasteiger partial charge in [0, 0.05) is 5.92 Å². The minimum Gasteiger partial charge on any atom is -0.481 e. The number of aliphatic carboxylic acids is 1. The van der Waals surface area contributed by atoms with Gasteiger partial charge in [0.15, 0.2) is 5.82 Å². The molecular formula is C13H15FN4O2. The Hall–Kier alpha value is -2.31. The summed E-state index contributed by atoms with van der Waals surface area (Å²) in [6, 6.07) is 9.40. The van der Waals surface area contributed by atoms with Crippen molar-refractivity contribution in [3.8, 4) is 0 Å². The Balaban J connectivity index is 2.27. The van der Waals surface area contributed by atoms with E-state index < -0.39 is 24.5 Å². The molecule has 0 spiro atoms. The lowest BCUT2D eigenvalue weighted by Crippen LogP contribution is -2.25. The van der Waals surface area contributed by atoms with Gasteiger partial charge in [-0.2, -0.15) is 5.21 Å². The largest absolute Gasteiger partial charge is 0.481 e. The molecule has 0 amide bonds. The lowest BCUT2D eigenvalue weighted by molar-refractivity contribution is -0.143. The van der Waals surface area contributed by atoms with Crippen molar-refractivity contribution < 1.29 is 14.3 Å². The van der Waals surface area contributed by atoms with E-state index in [0.717, 1.165) is 5.56 Å². The van der Waals surface area contributed by atoms with Crippen molar-refractivity contribution in [3.63, 3.8) is 0 Å². The van der Waals surface area contributed by atoms with Crippen LogP contribution in [0.15, 0.2) is 30.3 Å². The van der Waals surface area contributed by atoms with Crippen LogP contribution in [0.3, 0.4) is 0 Å². The number of nitrogens with one attached hydrogen (secondary N) is 1. The molecule has 6 nitrogen and oxygen atoms in total. The molecule has 0 saturated carbocycles. The summed E-state index contributed by atoms with van der Waals surface area (Å²) in [5.74, 6) is -2.13. The number of tetrazole rings is 1. The van der Waals surface area contributed by atoms with Crippen LogP contribution < -0.4 is 0 Å². The quantitative estimate of drug-likeness (QED) is 0.802. The predicted molar refractivity (Wildman–Crippen MR) is 68.8 cm³/mol. The van der Waals surface area contributed by atoms with Crippen LogP contribution in [0.2, 0.25) is 0 Å². The highest BCUT2D eigenvalue weighted by molar-refractivity contribution is 5.71. The van der Waals surface area contributed by atoms with E-state index >= 15 is 0 Å². The van der Waals surface area contributed by atoms with Crippen molar-refractivity contribution in [3.05, 3.63) is 41.7 Å². The molecule has 0 aliphatic heterocycles. The molecule has 0 bridgehead atoms. The lowest BCUT2D eigenvalue weighted by atomic mass is 9.84. The molecule has 0 aliphatic carbocycles. The normalized spacial score (nSPS) is 13.8. The van der Waals surface area contributed by atoms with Crippen LogP contribution in [0.1, 0.15) is 23.7 Å². The number of benzene rings is 1. The van der Waals surface area contributed by atoms with Crippen molar-refractivity contribution in [1.29, 1.82) is 0 Å². The Morgan fingerprint density at radius 2 is 2.10 bits per heavy atom. The summed E-state index contributed by atoms with van der Waals surface area (Å²) in [6.45, 7) is -0.694. The maximum atomic E-state index is 12.6. The van der Waals surface area contributed by atoms with Gasteiger partial charge in [-0.25, -0.2) is 0 Å². The summed E-state index contributed by atoms with van der Waals surface area (Å²) in [6.07, 6.45) is 0.360. The van der Waals surface area contributed by atoms with Gasteiger partial charge in [0.1, 0.15) is 0 Å². The monoisotopic (exact) mass is 278 g/mol. The number of carboxylic acid groups (broad SMARTS) is 1. The third-order valence-corrected chi connectivity index (χ3v) is 3.21.